The Hall–Kier alpha value is -3.95. The second kappa shape index (κ2) is 8.44. The highest BCUT2D eigenvalue weighted by Gasteiger charge is 2.40. The van der Waals surface area contributed by atoms with Crippen molar-refractivity contribution in [2.75, 3.05) is 3.71 Å². The molecule has 0 saturated heterocycles. The zero-order valence-electron chi connectivity index (χ0n) is 17.8. The molecule has 0 saturated carbocycles. The Morgan fingerprint density at radius 3 is 1.59 bits per heavy atom. The van der Waals surface area contributed by atoms with Crippen LogP contribution >= 0.6 is 0 Å². The predicted octanol–water partition coefficient (Wildman–Crippen LogP) is 4.59. The first kappa shape index (κ1) is 21.9. The lowest BCUT2D eigenvalue weighted by Gasteiger charge is -2.24. The second-order valence-electron chi connectivity index (χ2n) is 7.41. The molecule has 0 radical (unpaired) electrons. The number of benzene rings is 3. The van der Waals surface area contributed by atoms with Crippen molar-refractivity contribution in [3.8, 4) is 11.3 Å². The van der Waals surface area contributed by atoms with Gasteiger partial charge in [0.05, 0.1) is 9.79 Å². The number of sulfonamides is 2. The molecule has 0 aliphatic heterocycles. The third-order valence-electron chi connectivity index (χ3n) is 5.24. The quantitative estimate of drug-likeness (QED) is 0.348. The first-order valence-electron chi connectivity index (χ1n) is 10.3. The third-order valence-corrected chi connectivity index (χ3v) is 9.38. The highest BCUT2D eigenvalue weighted by atomic mass is 32.3. The average Bonchev–Trinajstić information content (AvgIpc) is 3.24. The van der Waals surface area contributed by atoms with Crippen LogP contribution in [-0.2, 0) is 20.0 Å². The van der Waals surface area contributed by atoms with Gasteiger partial charge in [0.15, 0.2) is 5.82 Å². The smallest absolute Gasteiger partial charge is 0.279 e. The maximum Gasteiger partial charge on any atom is 0.279 e. The molecule has 34 heavy (non-hydrogen) atoms. The number of hydrogen-bond acceptors (Lipinski definition) is 5. The number of anilines is 1. The molecule has 0 atom stereocenters. The summed E-state index contributed by atoms with van der Waals surface area (Å²) < 4.78 is 57.9. The van der Waals surface area contributed by atoms with Gasteiger partial charge in [-0.15, -0.1) is 3.71 Å². The van der Waals surface area contributed by atoms with Crippen molar-refractivity contribution in [1.82, 2.24) is 9.38 Å². The Morgan fingerprint density at radius 2 is 1.06 bits per heavy atom. The number of imidazole rings is 1. The Bertz CT molecular complexity index is 1600. The minimum atomic E-state index is -4.57. The fourth-order valence-corrected chi connectivity index (χ4v) is 7.42. The first-order valence-corrected chi connectivity index (χ1v) is 13.2. The molecule has 2 aromatic heterocycles. The third kappa shape index (κ3) is 3.64. The normalized spacial score (nSPS) is 12.0. The molecule has 0 bridgehead atoms. The summed E-state index contributed by atoms with van der Waals surface area (Å²) >= 11 is 0. The summed E-state index contributed by atoms with van der Waals surface area (Å²) in [5.41, 5.74) is 1.22. The van der Waals surface area contributed by atoms with E-state index in [-0.39, 0.29) is 21.3 Å². The highest BCUT2D eigenvalue weighted by Crippen LogP contribution is 2.38. The molecule has 7 nitrogen and oxygen atoms in total. The van der Waals surface area contributed by atoms with Crippen molar-refractivity contribution < 1.29 is 16.8 Å². The summed E-state index contributed by atoms with van der Waals surface area (Å²) in [5.74, 6) is -0.0884. The zero-order chi connectivity index (χ0) is 23.8. The molecule has 9 heteroatoms. The van der Waals surface area contributed by atoms with Crippen LogP contribution in [0.5, 0.6) is 0 Å². The van der Waals surface area contributed by atoms with Crippen LogP contribution in [0.25, 0.3) is 16.9 Å². The van der Waals surface area contributed by atoms with Crippen molar-refractivity contribution in [3.63, 3.8) is 0 Å². The maximum absolute atomic E-state index is 14.0. The fraction of sp³-hybridized carbons (Fsp3) is 0. The number of fused-ring (bicyclic) bond motifs is 1. The van der Waals surface area contributed by atoms with E-state index in [1.54, 1.807) is 85.1 Å². The lowest BCUT2D eigenvalue weighted by molar-refractivity contribution is 0.583. The van der Waals surface area contributed by atoms with E-state index in [9.17, 15) is 16.8 Å². The van der Waals surface area contributed by atoms with E-state index < -0.39 is 20.0 Å². The molecule has 0 amide bonds. The predicted molar refractivity (Wildman–Crippen MR) is 130 cm³/mol. The summed E-state index contributed by atoms with van der Waals surface area (Å²) in [5, 5.41) is 0. The van der Waals surface area contributed by atoms with Crippen molar-refractivity contribution in [3.05, 3.63) is 115 Å². The molecule has 0 aliphatic rings. The Morgan fingerprint density at radius 1 is 0.588 bits per heavy atom. The molecule has 5 aromatic rings. The molecule has 5 rings (SSSR count). The van der Waals surface area contributed by atoms with Gasteiger partial charge < -0.3 is 0 Å². The van der Waals surface area contributed by atoms with Gasteiger partial charge >= 0.3 is 0 Å². The number of rotatable bonds is 6. The van der Waals surface area contributed by atoms with Crippen LogP contribution in [0.1, 0.15) is 0 Å². The summed E-state index contributed by atoms with van der Waals surface area (Å²) in [4.78, 5) is 4.30. The molecular formula is C25H19N3O4S2. The molecule has 0 aliphatic carbocycles. The molecule has 170 valence electrons. The Kier molecular flexibility index (Phi) is 5.43. The Balaban J connectivity index is 1.90. The first-order chi connectivity index (χ1) is 16.4. The van der Waals surface area contributed by atoms with Crippen molar-refractivity contribution in [2.24, 2.45) is 0 Å². The van der Waals surface area contributed by atoms with E-state index in [1.807, 2.05) is 6.07 Å². The van der Waals surface area contributed by atoms with Gasteiger partial charge in [0.25, 0.3) is 20.0 Å². The van der Waals surface area contributed by atoms with E-state index in [0.29, 0.717) is 14.9 Å². The van der Waals surface area contributed by atoms with Crippen LogP contribution in [0.3, 0.4) is 0 Å². The van der Waals surface area contributed by atoms with Crippen LogP contribution in [-0.4, -0.2) is 26.2 Å². The van der Waals surface area contributed by atoms with Crippen molar-refractivity contribution in [2.45, 2.75) is 9.79 Å². The number of hydrogen-bond donors (Lipinski definition) is 0. The molecular weight excluding hydrogens is 470 g/mol. The monoisotopic (exact) mass is 489 g/mol. The SMILES string of the molecule is O=S(=O)(c1ccccc1)N(c1c(-c2ccccc2)nc2ccccn12)S(=O)(=O)c1ccccc1. The van der Waals surface area contributed by atoms with Gasteiger partial charge in [-0.3, -0.25) is 4.40 Å². The lowest BCUT2D eigenvalue weighted by Crippen LogP contribution is -2.38. The van der Waals surface area contributed by atoms with Crippen LogP contribution in [0.2, 0.25) is 0 Å². The van der Waals surface area contributed by atoms with Crippen LogP contribution in [0.4, 0.5) is 5.82 Å². The van der Waals surface area contributed by atoms with Gasteiger partial charge in [-0.2, -0.15) is 16.8 Å². The van der Waals surface area contributed by atoms with Gasteiger partial charge in [-0.1, -0.05) is 72.8 Å². The molecule has 0 unspecified atom stereocenters. The fourth-order valence-electron chi connectivity index (χ4n) is 3.68. The van der Waals surface area contributed by atoms with E-state index in [1.165, 1.54) is 28.7 Å². The van der Waals surface area contributed by atoms with Gasteiger partial charge in [-0.05, 0) is 36.4 Å². The maximum atomic E-state index is 14.0. The zero-order valence-corrected chi connectivity index (χ0v) is 19.4. The minimum absolute atomic E-state index is 0.0884. The number of aromatic nitrogens is 2. The van der Waals surface area contributed by atoms with Crippen molar-refractivity contribution in [1.29, 1.82) is 0 Å². The van der Waals surface area contributed by atoms with E-state index in [0.717, 1.165) is 0 Å². The summed E-state index contributed by atoms with van der Waals surface area (Å²) in [7, 11) is -9.13. The largest absolute Gasteiger partial charge is 0.284 e. The average molecular weight is 490 g/mol. The topological polar surface area (TPSA) is 88.8 Å². The standard InChI is InChI=1S/C25H19N3O4S2/c29-33(30,21-14-6-2-7-15-21)28(34(31,32)22-16-8-3-9-17-22)25-24(20-12-4-1-5-13-20)26-23-18-10-11-19-27(23)25/h1-19H. The second-order valence-corrected chi connectivity index (χ2v) is 11.2. The molecule has 0 N–H and O–H groups in total. The van der Waals surface area contributed by atoms with E-state index in [4.69, 9.17) is 0 Å². The van der Waals surface area contributed by atoms with Crippen LogP contribution in [0.15, 0.2) is 125 Å². The van der Waals surface area contributed by atoms with Crippen molar-refractivity contribution >= 4 is 31.5 Å². The van der Waals surface area contributed by atoms with Crippen LogP contribution in [0, 0.1) is 0 Å². The summed E-state index contributed by atoms with van der Waals surface area (Å²) in [6.45, 7) is 0. The van der Waals surface area contributed by atoms with E-state index >= 15 is 0 Å². The number of nitrogens with zero attached hydrogens (tertiary/aromatic N) is 3. The summed E-state index contributed by atoms with van der Waals surface area (Å²) in [6.07, 6.45) is 1.60. The molecule has 3 aromatic carbocycles. The Labute approximate surface area is 197 Å². The van der Waals surface area contributed by atoms with Gasteiger partial charge in [0.2, 0.25) is 0 Å². The highest BCUT2D eigenvalue weighted by molar-refractivity contribution is 8.10. The molecule has 0 spiro atoms. The van der Waals surface area contributed by atoms with Gasteiger partial charge in [0.1, 0.15) is 11.3 Å². The lowest BCUT2D eigenvalue weighted by atomic mass is 10.1. The number of pyridine rings is 1. The molecule has 2 heterocycles. The minimum Gasteiger partial charge on any atom is -0.284 e. The van der Waals surface area contributed by atoms with Gasteiger partial charge in [-0.25, -0.2) is 4.98 Å². The molecule has 0 fully saturated rings. The summed E-state index contributed by atoms with van der Waals surface area (Å²) in [6, 6.07) is 29.0. The van der Waals surface area contributed by atoms with E-state index in [2.05, 4.69) is 4.98 Å². The van der Waals surface area contributed by atoms with Crippen LogP contribution < -0.4 is 3.71 Å². The van der Waals surface area contributed by atoms with Gasteiger partial charge in [0, 0.05) is 11.8 Å².